The van der Waals surface area contributed by atoms with Crippen molar-refractivity contribution in [2.45, 2.75) is 58.0 Å². The molecule has 1 fully saturated rings. The number of carbonyl (C=O) groups excluding carboxylic acids is 1. The Morgan fingerprint density at radius 1 is 1.23 bits per heavy atom. The van der Waals surface area contributed by atoms with Gasteiger partial charge in [-0.25, -0.2) is 4.98 Å². The number of carbonyl (C=O) groups is 1. The molecule has 1 saturated heterocycles. The standard InChI is InChI=1S/C29H32N4O2/c1-19-17-20(2)31-29-28(19)24(18-30)26(11-12-27(34)32(3)22-13-15-35-16-14-22)33(29)25-10-6-8-21-7-4-5-9-23(21)25/h4-5,7,9,11-12,17,22,25H,6,8,10,13-16H2,1-3H3. The zero-order chi connectivity index (χ0) is 24.5. The highest BCUT2D eigenvalue weighted by atomic mass is 16.5. The van der Waals surface area contributed by atoms with Gasteiger partial charge in [-0.1, -0.05) is 24.3 Å². The van der Waals surface area contributed by atoms with E-state index in [0.29, 0.717) is 18.8 Å². The van der Waals surface area contributed by atoms with Gasteiger partial charge in [0.15, 0.2) is 0 Å². The van der Waals surface area contributed by atoms with E-state index in [1.54, 1.807) is 6.08 Å². The van der Waals surface area contributed by atoms with Crippen molar-refractivity contribution in [2.75, 3.05) is 20.3 Å². The number of ether oxygens (including phenoxy) is 1. The molecule has 2 aromatic heterocycles. The van der Waals surface area contributed by atoms with Crippen LogP contribution in [0.5, 0.6) is 0 Å². The van der Waals surface area contributed by atoms with Crippen molar-refractivity contribution in [3.63, 3.8) is 0 Å². The summed E-state index contributed by atoms with van der Waals surface area (Å²) in [7, 11) is 1.86. The van der Waals surface area contributed by atoms with E-state index < -0.39 is 0 Å². The second kappa shape index (κ2) is 9.67. The Hall–Kier alpha value is -3.43. The molecule has 5 rings (SSSR count). The number of hydrogen-bond donors (Lipinski definition) is 0. The highest BCUT2D eigenvalue weighted by molar-refractivity contribution is 5.96. The normalized spacial score (nSPS) is 18.5. The van der Waals surface area contributed by atoms with Crippen LogP contribution in [0.1, 0.15) is 65.4 Å². The third-order valence-corrected chi connectivity index (χ3v) is 7.55. The van der Waals surface area contributed by atoms with Gasteiger partial charge in [-0.15, -0.1) is 0 Å². The molecule has 35 heavy (non-hydrogen) atoms. The highest BCUT2D eigenvalue weighted by Crippen LogP contribution is 2.39. The number of nitrogens with zero attached hydrogens (tertiary/aromatic N) is 4. The van der Waals surface area contributed by atoms with Crippen molar-refractivity contribution in [2.24, 2.45) is 0 Å². The molecule has 1 aliphatic carbocycles. The minimum absolute atomic E-state index is 0.0532. The van der Waals surface area contributed by atoms with Gasteiger partial charge in [0, 0.05) is 43.5 Å². The predicted octanol–water partition coefficient (Wildman–Crippen LogP) is 5.10. The number of aryl methyl sites for hydroxylation is 3. The molecule has 3 aromatic rings. The summed E-state index contributed by atoms with van der Waals surface area (Å²) in [5.41, 5.74) is 6.76. The lowest BCUT2D eigenvalue weighted by Crippen LogP contribution is -2.39. The topological polar surface area (TPSA) is 71.2 Å². The van der Waals surface area contributed by atoms with Gasteiger partial charge in [0.05, 0.1) is 17.3 Å². The molecule has 0 radical (unpaired) electrons. The Kier molecular flexibility index (Phi) is 6.44. The Labute approximate surface area is 206 Å². The second-order valence-electron chi connectivity index (χ2n) is 9.75. The van der Waals surface area contributed by atoms with Gasteiger partial charge in [-0.3, -0.25) is 4.79 Å². The van der Waals surface area contributed by atoms with Gasteiger partial charge < -0.3 is 14.2 Å². The lowest BCUT2D eigenvalue weighted by atomic mass is 9.87. The van der Waals surface area contributed by atoms with E-state index in [-0.39, 0.29) is 18.0 Å². The predicted molar refractivity (Wildman–Crippen MR) is 137 cm³/mol. The molecule has 3 heterocycles. The van der Waals surface area contributed by atoms with Crippen LogP contribution < -0.4 is 0 Å². The van der Waals surface area contributed by atoms with E-state index in [0.717, 1.165) is 60.1 Å². The largest absolute Gasteiger partial charge is 0.381 e. The summed E-state index contributed by atoms with van der Waals surface area (Å²) in [6.07, 6.45) is 8.26. The van der Waals surface area contributed by atoms with Gasteiger partial charge >= 0.3 is 0 Å². The molecule has 6 heteroatoms. The molecule has 1 aliphatic heterocycles. The van der Waals surface area contributed by atoms with Crippen molar-refractivity contribution in [1.82, 2.24) is 14.5 Å². The summed E-state index contributed by atoms with van der Waals surface area (Å²) < 4.78 is 7.67. The van der Waals surface area contributed by atoms with Crippen molar-refractivity contribution >= 4 is 23.0 Å². The number of hydrogen-bond acceptors (Lipinski definition) is 4. The van der Waals surface area contributed by atoms with Gasteiger partial charge in [0.1, 0.15) is 11.7 Å². The Bertz CT molecular complexity index is 1340. The van der Waals surface area contributed by atoms with Crippen LogP contribution in [-0.2, 0) is 16.0 Å². The Morgan fingerprint density at radius 3 is 2.77 bits per heavy atom. The van der Waals surface area contributed by atoms with Gasteiger partial charge in [0.2, 0.25) is 5.91 Å². The Balaban J connectivity index is 1.65. The highest BCUT2D eigenvalue weighted by Gasteiger charge is 2.29. The first-order valence-corrected chi connectivity index (χ1v) is 12.5. The maximum Gasteiger partial charge on any atom is 0.246 e. The average Bonchev–Trinajstić information content (AvgIpc) is 3.20. The summed E-state index contributed by atoms with van der Waals surface area (Å²) in [5, 5.41) is 11.1. The second-order valence-corrected chi connectivity index (χ2v) is 9.75. The maximum atomic E-state index is 13.1. The number of benzene rings is 1. The van der Waals surface area contributed by atoms with Crippen molar-refractivity contribution in [3.05, 3.63) is 70.0 Å². The first-order chi connectivity index (χ1) is 17.0. The summed E-state index contributed by atoms with van der Waals surface area (Å²) >= 11 is 0. The molecule has 0 saturated carbocycles. The summed E-state index contributed by atoms with van der Waals surface area (Å²) in [6, 6.07) is 13.3. The fourth-order valence-electron chi connectivity index (χ4n) is 5.77. The van der Waals surface area contributed by atoms with Crippen LogP contribution in [-0.4, -0.2) is 46.7 Å². The fraction of sp³-hybridized carbons (Fsp3) is 0.414. The number of fused-ring (bicyclic) bond motifs is 2. The van der Waals surface area contributed by atoms with E-state index in [9.17, 15) is 10.1 Å². The number of aromatic nitrogens is 2. The summed E-state index contributed by atoms with van der Waals surface area (Å²) in [4.78, 5) is 19.9. The molecule has 180 valence electrons. The van der Waals surface area contributed by atoms with E-state index in [2.05, 4.69) is 34.9 Å². The fourth-order valence-corrected chi connectivity index (χ4v) is 5.77. The van der Waals surface area contributed by atoms with Crippen LogP contribution in [0.3, 0.4) is 0 Å². The number of rotatable bonds is 4. The number of likely N-dealkylation sites (N-methyl/N-ethyl adjacent to an activating group) is 1. The number of nitriles is 1. The Morgan fingerprint density at radius 2 is 2.00 bits per heavy atom. The zero-order valence-electron chi connectivity index (χ0n) is 20.8. The molecule has 1 aromatic carbocycles. The molecule has 0 bridgehead atoms. The van der Waals surface area contributed by atoms with E-state index in [1.807, 2.05) is 37.9 Å². The first-order valence-electron chi connectivity index (χ1n) is 12.5. The molecular formula is C29H32N4O2. The van der Waals surface area contributed by atoms with E-state index >= 15 is 0 Å². The smallest absolute Gasteiger partial charge is 0.246 e. The molecule has 0 N–H and O–H groups in total. The minimum Gasteiger partial charge on any atom is -0.381 e. The SMILES string of the molecule is Cc1cc(C)c2c(C#N)c(C=CC(=O)N(C)C3CCOCC3)n(C3CCCc4ccccc43)c2n1. The summed E-state index contributed by atoms with van der Waals surface area (Å²) in [6.45, 7) is 5.40. The lowest BCUT2D eigenvalue weighted by molar-refractivity contribution is -0.128. The quantitative estimate of drug-likeness (QED) is 0.500. The lowest BCUT2D eigenvalue weighted by Gasteiger charge is -2.30. The molecule has 1 atom stereocenters. The van der Waals surface area contributed by atoms with Crippen molar-refractivity contribution < 1.29 is 9.53 Å². The minimum atomic E-state index is -0.0532. The van der Waals surface area contributed by atoms with Crippen LogP contribution in [0, 0.1) is 25.2 Å². The van der Waals surface area contributed by atoms with Crippen LogP contribution in [0.4, 0.5) is 0 Å². The van der Waals surface area contributed by atoms with Crippen LogP contribution in [0.25, 0.3) is 17.1 Å². The van der Waals surface area contributed by atoms with Crippen molar-refractivity contribution in [3.8, 4) is 6.07 Å². The summed E-state index contributed by atoms with van der Waals surface area (Å²) in [5.74, 6) is -0.0532. The molecule has 6 nitrogen and oxygen atoms in total. The molecule has 2 aliphatic rings. The zero-order valence-corrected chi connectivity index (χ0v) is 20.8. The molecule has 1 amide bonds. The monoisotopic (exact) mass is 468 g/mol. The van der Waals surface area contributed by atoms with E-state index in [1.165, 1.54) is 11.1 Å². The van der Waals surface area contributed by atoms with Crippen LogP contribution >= 0.6 is 0 Å². The third kappa shape index (κ3) is 4.26. The average molecular weight is 469 g/mol. The van der Waals surface area contributed by atoms with Crippen molar-refractivity contribution in [1.29, 1.82) is 5.26 Å². The number of pyridine rings is 1. The van der Waals surface area contributed by atoms with Gasteiger partial charge in [0.25, 0.3) is 0 Å². The number of amides is 1. The van der Waals surface area contributed by atoms with E-state index in [4.69, 9.17) is 9.72 Å². The first kappa shape index (κ1) is 23.3. The van der Waals surface area contributed by atoms with Gasteiger partial charge in [-0.05, 0) is 74.8 Å². The molecular weight excluding hydrogens is 436 g/mol. The maximum absolute atomic E-state index is 13.1. The van der Waals surface area contributed by atoms with Crippen LogP contribution in [0.2, 0.25) is 0 Å². The van der Waals surface area contributed by atoms with Crippen LogP contribution in [0.15, 0.2) is 36.4 Å². The third-order valence-electron chi connectivity index (χ3n) is 7.55. The molecule has 0 spiro atoms. The molecule has 1 unspecified atom stereocenters. The van der Waals surface area contributed by atoms with Gasteiger partial charge in [-0.2, -0.15) is 5.26 Å².